The van der Waals surface area contributed by atoms with Crippen molar-refractivity contribution in [3.05, 3.63) is 0 Å². The van der Waals surface area contributed by atoms with Crippen molar-refractivity contribution in [1.29, 1.82) is 0 Å². The highest BCUT2D eigenvalue weighted by Crippen LogP contribution is 2.32. The summed E-state index contributed by atoms with van der Waals surface area (Å²) in [5.41, 5.74) is 0. The Balaban J connectivity index is 1.70. The number of hydrogen-bond donors (Lipinski definition) is 0. The first-order chi connectivity index (χ1) is 8.20. The summed E-state index contributed by atoms with van der Waals surface area (Å²) in [6.07, 6.45) is 4.54. The van der Waals surface area contributed by atoms with Gasteiger partial charge in [-0.15, -0.1) is 0 Å². The number of amides is 1. The van der Waals surface area contributed by atoms with Crippen LogP contribution in [0, 0.1) is 11.8 Å². The number of rotatable bonds is 4. The number of carbonyl (C=O) groups excluding carboxylic acids is 2. The largest absolute Gasteiger partial charge is 0.466 e. The minimum Gasteiger partial charge on any atom is -0.466 e. The average molecular weight is 239 g/mol. The predicted octanol–water partition coefficient (Wildman–Crippen LogP) is 1.59. The van der Waals surface area contributed by atoms with Crippen LogP contribution in [0.3, 0.4) is 0 Å². The molecule has 2 aliphatic rings. The zero-order valence-corrected chi connectivity index (χ0v) is 10.5. The van der Waals surface area contributed by atoms with E-state index in [4.69, 9.17) is 4.74 Å². The second-order valence-corrected chi connectivity index (χ2v) is 5.05. The molecule has 1 amide bonds. The van der Waals surface area contributed by atoms with Crippen molar-refractivity contribution < 1.29 is 14.3 Å². The molecule has 17 heavy (non-hydrogen) atoms. The summed E-state index contributed by atoms with van der Waals surface area (Å²) in [5.74, 6) is 0.952. The van der Waals surface area contributed by atoms with E-state index in [1.807, 2.05) is 11.8 Å². The molecule has 0 radical (unpaired) electrons. The Morgan fingerprint density at radius 2 is 1.82 bits per heavy atom. The number of piperidine rings is 1. The van der Waals surface area contributed by atoms with E-state index in [1.165, 1.54) is 0 Å². The van der Waals surface area contributed by atoms with Crippen LogP contribution in [-0.4, -0.2) is 36.5 Å². The first kappa shape index (κ1) is 12.4. The Bertz CT molecular complexity index is 291. The van der Waals surface area contributed by atoms with Crippen molar-refractivity contribution in [2.24, 2.45) is 11.8 Å². The third-order valence-corrected chi connectivity index (χ3v) is 3.61. The van der Waals surface area contributed by atoms with Crippen molar-refractivity contribution in [3.8, 4) is 0 Å². The zero-order chi connectivity index (χ0) is 12.3. The quantitative estimate of drug-likeness (QED) is 0.700. The van der Waals surface area contributed by atoms with Crippen LogP contribution in [0.1, 0.15) is 39.0 Å². The van der Waals surface area contributed by atoms with Gasteiger partial charge in [-0.2, -0.15) is 0 Å². The molecule has 0 aromatic rings. The molecule has 4 nitrogen and oxygen atoms in total. The van der Waals surface area contributed by atoms with Gasteiger partial charge in [-0.05, 0) is 38.5 Å². The van der Waals surface area contributed by atoms with Gasteiger partial charge in [0.1, 0.15) is 0 Å². The van der Waals surface area contributed by atoms with Crippen molar-refractivity contribution in [2.45, 2.75) is 39.0 Å². The van der Waals surface area contributed by atoms with Crippen molar-refractivity contribution in [1.82, 2.24) is 4.90 Å². The minimum atomic E-state index is -0.0977. The first-order valence-electron chi connectivity index (χ1n) is 6.65. The van der Waals surface area contributed by atoms with Crippen LogP contribution in [0.15, 0.2) is 0 Å². The molecule has 0 N–H and O–H groups in total. The molecule has 1 saturated carbocycles. The topological polar surface area (TPSA) is 46.6 Å². The van der Waals surface area contributed by atoms with Crippen LogP contribution in [0.25, 0.3) is 0 Å². The van der Waals surface area contributed by atoms with Crippen molar-refractivity contribution >= 4 is 11.9 Å². The third kappa shape index (κ3) is 3.45. The van der Waals surface area contributed by atoms with Crippen LogP contribution < -0.4 is 0 Å². The minimum absolute atomic E-state index is 0.0977. The Morgan fingerprint density at radius 1 is 1.18 bits per heavy atom. The van der Waals surface area contributed by atoms with Crippen LogP contribution in [-0.2, 0) is 14.3 Å². The smallest absolute Gasteiger partial charge is 0.306 e. The lowest BCUT2D eigenvalue weighted by Crippen LogP contribution is -2.39. The molecule has 0 unspecified atom stereocenters. The highest BCUT2D eigenvalue weighted by atomic mass is 16.5. The van der Waals surface area contributed by atoms with E-state index in [0.717, 1.165) is 38.8 Å². The third-order valence-electron chi connectivity index (χ3n) is 3.61. The van der Waals surface area contributed by atoms with E-state index in [-0.39, 0.29) is 5.97 Å². The normalized spacial score (nSPS) is 21.4. The molecular weight excluding hydrogens is 218 g/mol. The van der Waals surface area contributed by atoms with Crippen LogP contribution in [0.2, 0.25) is 0 Å². The fourth-order valence-electron chi connectivity index (χ4n) is 2.40. The molecular formula is C13H21NO3. The molecule has 2 rings (SSSR count). The lowest BCUT2D eigenvalue weighted by molar-refractivity contribution is -0.144. The summed E-state index contributed by atoms with van der Waals surface area (Å²) in [7, 11) is 0. The summed E-state index contributed by atoms with van der Waals surface area (Å²) >= 11 is 0. The van der Waals surface area contributed by atoms with E-state index < -0.39 is 0 Å². The first-order valence-corrected chi connectivity index (χ1v) is 6.65. The van der Waals surface area contributed by atoms with E-state index in [9.17, 15) is 9.59 Å². The number of nitrogens with zero attached hydrogens (tertiary/aromatic N) is 1. The molecule has 1 aliphatic carbocycles. The summed E-state index contributed by atoms with van der Waals surface area (Å²) in [4.78, 5) is 25.1. The molecule has 96 valence electrons. The summed E-state index contributed by atoms with van der Waals surface area (Å²) in [6, 6.07) is 0. The predicted molar refractivity (Wildman–Crippen MR) is 63.3 cm³/mol. The number of hydrogen-bond acceptors (Lipinski definition) is 3. The maximum atomic E-state index is 11.8. The summed E-state index contributed by atoms with van der Waals surface area (Å²) in [5, 5.41) is 0. The molecule has 1 heterocycles. The Labute approximate surface area is 102 Å². The van der Waals surface area contributed by atoms with E-state index in [0.29, 0.717) is 30.8 Å². The Kier molecular flexibility index (Phi) is 4.02. The lowest BCUT2D eigenvalue weighted by atomic mass is 9.93. The van der Waals surface area contributed by atoms with Crippen LogP contribution >= 0.6 is 0 Å². The number of carbonyl (C=O) groups is 2. The van der Waals surface area contributed by atoms with Crippen molar-refractivity contribution in [2.75, 3.05) is 19.7 Å². The van der Waals surface area contributed by atoms with Gasteiger partial charge in [0.05, 0.1) is 6.61 Å². The van der Waals surface area contributed by atoms with Gasteiger partial charge in [-0.25, -0.2) is 0 Å². The fraction of sp³-hybridized carbons (Fsp3) is 0.846. The molecule has 4 heteroatoms. The molecule has 0 bridgehead atoms. The Hall–Kier alpha value is -1.06. The standard InChI is InChI=1S/C13H21NO3/c1-2-17-12(15)9-10-5-7-14(8-6-10)13(16)11-3-4-11/h10-11H,2-9H2,1H3. The molecule has 0 atom stereocenters. The van der Waals surface area contributed by atoms with Gasteiger partial charge in [0.25, 0.3) is 0 Å². The van der Waals surface area contributed by atoms with Crippen LogP contribution in [0.4, 0.5) is 0 Å². The van der Waals surface area contributed by atoms with Gasteiger partial charge in [-0.3, -0.25) is 9.59 Å². The number of likely N-dealkylation sites (tertiary alicyclic amines) is 1. The van der Waals surface area contributed by atoms with E-state index in [1.54, 1.807) is 0 Å². The van der Waals surface area contributed by atoms with Gasteiger partial charge in [0.15, 0.2) is 0 Å². The van der Waals surface area contributed by atoms with Gasteiger partial charge in [0.2, 0.25) is 5.91 Å². The highest BCUT2D eigenvalue weighted by Gasteiger charge is 2.35. The monoisotopic (exact) mass is 239 g/mol. The number of ether oxygens (including phenoxy) is 1. The van der Waals surface area contributed by atoms with Gasteiger partial charge in [-0.1, -0.05) is 0 Å². The second kappa shape index (κ2) is 5.52. The fourth-order valence-corrected chi connectivity index (χ4v) is 2.40. The lowest BCUT2D eigenvalue weighted by Gasteiger charge is -2.31. The Morgan fingerprint density at radius 3 is 2.35 bits per heavy atom. The molecule has 2 fully saturated rings. The van der Waals surface area contributed by atoms with Gasteiger partial charge < -0.3 is 9.64 Å². The van der Waals surface area contributed by atoms with Crippen molar-refractivity contribution in [3.63, 3.8) is 0 Å². The van der Waals surface area contributed by atoms with Gasteiger partial charge >= 0.3 is 5.97 Å². The average Bonchev–Trinajstić information content (AvgIpc) is 3.13. The zero-order valence-electron chi connectivity index (χ0n) is 10.5. The maximum absolute atomic E-state index is 11.8. The van der Waals surface area contributed by atoms with Gasteiger partial charge in [0, 0.05) is 25.4 Å². The second-order valence-electron chi connectivity index (χ2n) is 5.05. The molecule has 1 aliphatic heterocycles. The molecule has 0 aromatic carbocycles. The maximum Gasteiger partial charge on any atom is 0.306 e. The molecule has 0 spiro atoms. The highest BCUT2D eigenvalue weighted by molar-refractivity contribution is 5.81. The van der Waals surface area contributed by atoms with E-state index >= 15 is 0 Å². The molecule has 1 saturated heterocycles. The van der Waals surface area contributed by atoms with E-state index in [2.05, 4.69) is 0 Å². The molecule has 0 aromatic heterocycles. The summed E-state index contributed by atoms with van der Waals surface area (Å²) in [6.45, 7) is 3.92. The SMILES string of the molecule is CCOC(=O)CC1CCN(C(=O)C2CC2)CC1. The van der Waals surface area contributed by atoms with Crippen LogP contribution in [0.5, 0.6) is 0 Å². The number of esters is 1. The summed E-state index contributed by atoms with van der Waals surface area (Å²) < 4.78 is 4.95.